The molecule has 1 unspecified atom stereocenters. The van der Waals surface area contributed by atoms with Crippen molar-refractivity contribution in [2.45, 2.75) is 60.0 Å². The van der Waals surface area contributed by atoms with Crippen LogP contribution in [0.2, 0.25) is 0 Å². The summed E-state index contributed by atoms with van der Waals surface area (Å²) in [7, 11) is 0. The van der Waals surface area contributed by atoms with Crippen molar-refractivity contribution in [2.24, 2.45) is 11.3 Å². The Hall–Kier alpha value is -0.870. The Morgan fingerprint density at radius 1 is 1.43 bits per heavy atom. The van der Waals surface area contributed by atoms with Crippen LogP contribution in [0.1, 0.15) is 51.0 Å². The lowest BCUT2D eigenvalue weighted by atomic mass is 9.80. The lowest BCUT2D eigenvalue weighted by Crippen LogP contribution is -2.43. The molecule has 1 aromatic heterocycles. The van der Waals surface area contributed by atoms with Crippen LogP contribution in [0.3, 0.4) is 0 Å². The van der Waals surface area contributed by atoms with Crippen LogP contribution in [0.5, 0.6) is 0 Å². The molecular weight excluding hydrogens is 282 g/mol. The third-order valence-corrected chi connectivity index (χ3v) is 5.03. The number of hydrogen-bond donors (Lipinski definition) is 2. The van der Waals surface area contributed by atoms with Crippen LogP contribution in [0.4, 0.5) is 0 Å². The SMILES string of the molecule is Cc1ccsc1CCCC(=O)NCC(C)(C)C(O)C(C)C. The van der Waals surface area contributed by atoms with E-state index in [4.69, 9.17) is 0 Å². The van der Waals surface area contributed by atoms with Crippen molar-refractivity contribution < 1.29 is 9.90 Å². The van der Waals surface area contributed by atoms with E-state index in [0.717, 1.165) is 12.8 Å². The third kappa shape index (κ3) is 5.79. The predicted molar refractivity (Wildman–Crippen MR) is 89.6 cm³/mol. The van der Waals surface area contributed by atoms with E-state index in [-0.39, 0.29) is 17.2 Å². The molecule has 1 rings (SSSR count). The van der Waals surface area contributed by atoms with Gasteiger partial charge in [-0.15, -0.1) is 11.3 Å². The minimum atomic E-state index is -0.411. The van der Waals surface area contributed by atoms with Crippen molar-refractivity contribution in [3.05, 3.63) is 21.9 Å². The van der Waals surface area contributed by atoms with Crippen molar-refractivity contribution in [3.63, 3.8) is 0 Å². The highest BCUT2D eigenvalue weighted by Crippen LogP contribution is 2.25. The summed E-state index contributed by atoms with van der Waals surface area (Å²) in [4.78, 5) is 13.3. The van der Waals surface area contributed by atoms with Gasteiger partial charge in [-0.05, 0) is 42.7 Å². The van der Waals surface area contributed by atoms with E-state index in [1.807, 2.05) is 27.7 Å². The van der Waals surface area contributed by atoms with Crippen molar-refractivity contribution in [3.8, 4) is 0 Å². The lowest BCUT2D eigenvalue weighted by molar-refractivity contribution is -0.122. The minimum absolute atomic E-state index is 0.0771. The third-order valence-electron chi connectivity index (χ3n) is 3.95. The number of carbonyl (C=O) groups excluding carboxylic acids is 1. The minimum Gasteiger partial charge on any atom is -0.392 e. The van der Waals surface area contributed by atoms with Gasteiger partial charge in [-0.1, -0.05) is 27.7 Å². The number of amides is 1. The van der Waals surface area contributed by atoms with Gasteiger partial charge in [0.2, 0.25) is 5.91 Å². The van der Waals surface area contributed by atoms with E-state index in [9.17, 15) is 9.90 Å². The molecule has 21 heavy (non-hydrogen) atoms. The van der Waals surface area contributed by atoms with Crippen molar-refractivity contribution in [1.82, 2.24) is 5.32 Å². The quantitative estimate of drug-likeness (QED) is 0.771. The molecule has 0 aliphatic carbocycles. The second kappa shape index (κ2) is 7.95. The van der Waals surface area contributed by atoms with E-state index in [0.29, 0.717) is 13.0 Å². The summed E-state index contributed by atoms with van der Waals surface area (Å²) in [5.41, 5.74) is 1.02. The maximum Gasteiger partial charge on any atom is 0.220 e. The molecule has 1 heterocycles. The average molecular weight is 311 g/mol. The number of aryl methyl sites for hydroxylation is 2. The number of carbonyl (C=O) groups is 1. The van der Waals surface area contributed by atoms with E-state index >= 15 is 0 Å². The molecule has 120 valence electrons. The summed E-state index contributed by atoms with van der Waals surface area (Å²) in [6.45, 7) is 10.6. The molecule has 0 spiro atoms. The van der Waals surface area contributed by atoms with Crippen LogP contribution in [0.25, 0.3) is 0 Å². The molecule has 2 N–H and O–H groups in total. The summed E-state index contributed by atoms with van der Waals surface area (Å²) >= 11 is 1.76. The van der Waals surface area contributed by atoms with Gasteiger partial charge in [-0.2, -0.15) is 0 Å². The second-order valence-corrected chi connectivity index (χ2v) is 7.84. The topological polar surface area (TPSA) is 49.3 Å². The van der Waals surface area contributed by atoms with Gasteiger partial charge in [-0.25, -0.2) is 0 Å². The fourth-order valence-corrected chi connectivity index (χ4v) is 3.44. The molecular formula is C17H29NO2S. The normalized spacial score (nSPS) is 13.5. The van der Waals surface area contributed by atoms with Crippen LogP contribution < -0.4 is 5.32 Å². The van der Waals surface area contributed by atoms with Crippen LogP contribution >= 0.6 is 11.3 Å². The summed E-state index contributed by atoms with van der Waals surface area (Å²) in [6, 6.07) is 2.12. The Bertz CT molecular complexity index is 451. The maximum absolute atomic E-state index is 11.9. The summed E-state index contributed by atoms with van der Waals surface area (Å²) < 4.78 is 0. The monoisotopic (exact) mass is 311 g/mol. The van der Waals surface area contributed by atoms with Gasteiger partial charge < -0.3 is 10.4 Å². The highest BCUT2D eigenvalue weighted by Gasteiger charge is 2.30. The molecule has 4 heteroatoms. The average Bonchev–Trinajstić information content (AvgIpc) is 2.81. The number of rotatable bonds is 8. The zero-order chi connectivity index (χ0) is 16.0. The highest BCUT2D eigenvalue weighted by atomic mass is 32.1. The Kier molecular flexibility index (Phi) is 6.88. The van der Waals surface area contributed by atoms with Gasteiger partial charge in [0.1, 0.15) is 0 Å². The number of aliphatic hydroxyl groups excluding tert-OH is 1. The molecule has 0 aromatic carbocycles. The van der Waals surface area contributed by atoms with Crippen molar-refractivity contribution in [2.75, 3.05) is 6.54 Å². The first-order valence-corrected chi connectivity index (χ1v) is 8.59. The Morgan fingerprint density at radius 3 is 2.62 bits per heavy atom. The molecule has 0 saturated heterocycles. The van der Waals surface area contributed by atoms with Crippen LogP contribution in [0.15, 0.2) is 11.4 Å². The maximum atomic E-state index is 11.9. The fraction of sp³-hybridized carbons (Fsp3) is 0.706. The van der Waals surface area contributed by atoms with E-state index in [1.165, 1.54) is 10.4 Å². The number of aliphatic hydroxyl groups is 1. The first-order chi connectivity index (χ1) is 9.74. The van der Waals surface area contributed by atoms with Crippen LogP contribution in [-0.2, 0) is 11.2 Å². The fourth-order valence-electron chi connectivity index (χ4n) is 2.49. The predicted octanol–water partition coefficient (Wildman–Crippen LogP) is 3.54. The first kappa shape index (κ1) is 18.2. The van der Waals surface area contributed by atoms with Gasteiger partial charge >= 0.3 is 0 Å². The lowest BCUT2D eigenvalue weighted by Gasteiger charge is -2.33. The number of thiophene rings is 1. The molecule has 1 aromatic rings. The smallest absolute Gasteiger partial charge is 0.220 e. The first-order valence-electron chi connectivity index (χ1n) is 7.72. The molecule has 1 amide bonds. The van der Waals surface area contributed by atoms with Crippen molar-refractivity contribution in [1.29, 1.82) is 0 Å². The van der Waals surface area contributed by atoms with Gasteiger partial charge in [0.25, 0.3) is 0 Å². The van der Waals surface area contributed by atoms with E-state index < -0.39 is 6.10 Å². The zero-order valence-corrected chi connectivity index (χ0v) is 14.7. The van der Waals surface area contributed by atoms with Gasteiger partial charge in [0.15, 0.2) is 0 Å². The standard InChI is InChI=1S/C17H29NO2S/c1-12(2)16(20)17(4,5)11-18-15(19)8-6-7-14-13(3)9-10-21-14/h9-10,12,16,20H,6-8,11H2,1-5H3,(H,18,19). The second-order valence-electron chi connectivity index (χ2n) is 6.83. The number of hydrogen-bond acceptors (Lipinski definition) is 3. The van der Waals surface area contributed by atoms with Crippen LogP contribution in [0, 0.1) is 18.3 Å². The molecule has 0 fully saturated rings. The zero-order valence-electron chi connectivity index (χ0n) is 13.9. The van der Waals surface area contributed by atoms with E-state index in [1.54, 1.807) is 11.3 Å². The molecule has 0 radical (unpaired) electrons. The Balaban J connectivity index is 2.29. The van der Waals surface area contributed by atoms with Gasteiger partial charge in [0.05, 0.1) is 6.10 Å². The van der Waals surface area contributed by atoms with Crippen molar-refractivity contribution >= 4 is 17.2 Å². The molecule has 0 aliphatic heterocycles. The van der Waals surface area contributed by atoms with Crippen LogP contribution in [-0.4, -0.2) is 23.7 Å². The number of nitrogens with one attached hydrogen (secondary N) is 1. The molecule has 0 bridgehead atoms. The largest absolute Gasteiger partial charge is 0.392 e. The highest BCUT2D eigenvalue weighted by molar-refractivity contribution is 7.10. The molecule has 1 atom stereocenters. The molecule has 0 aliphatic rings. The summed E-state index contributed by atoms with van der Waals surface area (Å²) in [5.74, 6) is 0.270. The summed E-state index contributed by atoms with van der Waals surface area (Å²) in [6.07, 6.45) is 1.98. The molecule has 3 nitrogen and oxygen atoms in total. The molecule has 0 saturated carbocycles. The van der Waals surface area contributed by atoms with Gasteiger partial charge in [0, 0.05) is 23.3 Å². The Morgan fingerprint density at radius 2 is 2.10 bits per heavy atom. The van der Waals surface area contributed by atoms with Gasteiger partial charge in [-0.3, -0.25) is 4.79 Å². The summed E-state index contributed by atoms with van der Waals surface area (Å²) in [5, 5.41) is 15.2. The van der Waals surface area contributed by atoms with E-state index in [2.05, 4.69) is 23.7 Å². The Labute approximate surface area is 132 Å².